The number of carbonyl (C=O) groups excluding carboxylic acids is 1. The van der Waals surface area contributed by atoms with Crippen LogP contribution in [0.1, 0.15) is 33.1 Å². The number of hydrogen-bond donors (Lipinski definition) is 1. The van der Waals surface area contributed by atoms with Crippen LogP contribution in [0.25, 0.3) is 0 Å². The summed E-state index contributed by atoms with van der Waals surface area (Å²) in [4.78, 5) is 13.0. The van der Waals surface area contributed by atoms with Gasteiger partial charge in [-0.05, 0) is 18.3 Å². The minimum atomic E-state index is 0.160. The largest absolute Gasteiger partial charge is 0.348 e. The molecule has 1 aliphatic carbocycles. The van der Waals surface area contributed by atoms with Crippen molar-refractivity contribution in [3.63, 3.8) is 0 Å². The molecular formula is C11H22N2O. The smallest absolute Gasteiger partial charge is 0.236 e. The second-order valence-electron chi connectivity index (χ2n) is 5.10. The lowest BCUT2D eigenvalue weighted by atomic mass is 9.87. The lowest BCUT2D eigenvalue weighted by Gasteiger charge is -2.28. The van der Waals surface area contributed by atoms with Crippen LogP contribution in [0.2, 0.25) is 0 Å². The number of hydrogen-bond acceptors (Lipinski definition) is 2. The van der Waals surface area contributed by atoms with Gasteiger partial charge in [-0.25, -0.2) is 0 Å². The molecule has 0 aromatic rings. The summed E-state index contributed by atoms with van der Waals surface area (Å²) < 4.78 is 0. The minimum Gasteiger partial charge on any atom is -0.348 e. The lowest BCUT2D eigenvalue weighted by Crippen LogP contribution is -2.43. The SMILES string of the molecule is CN(C)C(=O)CNC1CCCC1(C)C. The van der Waals surface area contributed by atoms with E-state index < -0.39 is 0 Å². The molecule has 1 rings (SSSR count). The molecule has 0 spiro atoms. The van der Waals surface area contributed by atoms with Crippen LogP contribution in [-0.2, 0) is 4.79 Å². The molecule has 3 nitrogen and oxygen atoms in total. The van der Waals surface area contributed by atoms with E-state index in [0.29, 0.717) is 18.0 Å². The summed E-state index contributed by atoms with van der Waals surface area (Å²) in [5.41, 5.74) is 0.354. The van der Waals surface area contributed by atoms with Crippen LogP contribution in [-0.4, -0.2) is 37.5 Å². The Labute approximate surface area is 86.9 Å². The predicted octanol–water partition coefficient (Wildman–Crippen LogP) is 1.24. The van der Waals surface area contributed by atoms with Gasteiger partial charge < -0.3 is 10.2 Å². The summed E-state index contributed by atoms with van der Waals surface area (Å²) in [5.74, 6) is 0.160. The number of nitrogens with one attached hydrogen (secondary N) is 1. The maximum absolute atomic E-state index is 11.4. The van der Waals surface area contributed by atoms with Gasteiger partial charge >= 0.3 is 0 Å². The van der Waals surface area contributed by atoms with Crippen molar-refractivity contribution in [1.29, 1.82) is 0 Å². The van der Waals surface area contributed by atoms with Gasteiger partial charge in [0.15, 0.2) is 0 Å². The zero-order valence-electron chi connectivity index (χ0n) is 9.76. The molecule has 1 unspecified atom stereocenters. The Bertz CT molecular complexity index is 211. The zero-order chi connectivity index (χ0) is 10.8. The maximum Gasteiger partial charge on any atom is 0.236 e. The van der Waals surface area contributed by atoms with Gasteiger partial charge in [0.1, 0.15) is 0 Å². The first-order valence-corrected chi connectivity index (χ1v) is 5.37. The molecule has 1 N–H and O–H groups in total. The summed E-state index contributed by atoms with van der Waals surface area (Å²) in [7, 11) is 3.59. The van der Waals surface area contributed by atoms with Crippen molar-refractivity contribution in [2.45, 2.75) is 39.2 Å². The van der Waals surface area contributed by atoms with E-state index in [2.05, 4.69) is 19.2 Å². The maximum atomic E-state index is 11.4. The quantitative estimate of drug-likeness (QED) is 0.740. The summed E-state index contributed by atoms with van der Waals surface area (Å²) in [5, 5.41) is 3.36. The first-order chi connectivity index (χ1) is 6.43. The van der Waals surface area contributed by atoms with E-state index in [9.17, 15) is 4.79 Å². The average molecular weight is 198 g/mol. The van der Waals surface area contributed by atoms with Crippen LogP contribution >= 0.6 is 0 Å². The summed E-state index contributed by atoms with van der Waals surface area (Å²) in [6.07, 6.45) is 3.75. The number of nitrogens with zero attached hydrogens (tertiary/aromatic N) is 1. The molecule has 1 aliphatic rings. The Balaban J connectivity index is 2.35. The van der Waals surface area contributed by atoms with Crippen LogP contribution < -0.4 is 5.32 Å². The molecule has 3 heteroatoms. The van der Waals surface area contributed by atoms with Gasteiger partial charge in [-0.3, -0.25) is 4.79 Å². The fourth-order valence-corrected chi connectivity index (χ4v) is 2.07. The molecule has 1 atom stereocenters. The van der Waals surface area contributed by atoms with Crippen molar-refractivity contribution in [2.75, 3.05) is 20.6 Å². The van der Waals surface area contributed by atoms with Crippen molar-refractivity contribution < 1.29 is 4.79 Å². The Morgan fingerprint density at radius 1 is 1.50 bits per heavy atom. The molecule has 14 heavy (non-hydrogen) atoms. The van der Waals surface area contributed by atoms with Gasteiger partial charge in [0.05, 0.1) is 6.54 Å². The van der Waals surface area contributed by atoms with E-state index in [1.165, 1.54) is 19.3 Å². The average Bonchev–Trinajstić information content (AvgIpc) is 2.40. The normalized spacial score (nSPS) is 25.0. The van der Waals surface area contributed by atoms with Crippen LogP contribution in [0.3, 0.4) is 0 Å². The second kappa shape index (κ2) is 4.30. The van der Waals surface area contributed by atoms with E-state index in [1.807, 2.05) is 0 Å². The fourth-order valence-electron chi connectivity index (χ4n) is 2.07. The third-order valence-electron chi connectivity index (χ3n) is 3.26. The van der Waals surface area contributed by atoms with Crippen molar-refractivity contribution in [3.8, 4) is 0 Å². The number of carbonyl (C=O) groups is 1. The molecule has 0 aliphatic heterocycles. The standard InChI is InChI=1S/C11H22N2O/c1-11(2)7-5-6-9(11)12-8-10(14)13(3)4/h9,12H,5-8H2,1-4H3. The zero-order valence-corrected chi connectivity index (χ0v) is 9.76. The van der Waals surface area contributed by atoms with Gasteiger partial charge in [0.25, 0.3) is 0 Å². The third-order valence-corrected chi connectivity index (χ3v) is 3.26. The first-order valence-electron chi connectivity index (χ1n) is 5.37. The fraction of sp³-hybridized carbons (Fsp3) is 0.909. The van der Waals surface area contributed by atoms with Gasteiger partial charge in [-0.15, -0.1) is 0 Å². The van der Waals surface area contributed by atoms with Crippen LogP contribution in [0.15, 0.2) is 0 Å². The molecule has 0 radical (unpaired) electrons. The Hall–Kier alpha value is -0.570. The monoisotopic (exact) mass is 198 g/mol. The van der Waals surface area contributed by atoms with E-state index in [1.54, 1.807) is 19.0 Å². The molecule has 82 valence electrons. The van der Waals surface area contributed by atoms with Crippen molar-refractivity contribution in [2.24, 2.45) is 5.41 Å². The molecule has 1 saturated carbocycles. The van der Waals surface area contributed by atoms with Gasteiger partial charge in [-0.2, -0.15) is 0 Å². The van der Waals surface area contributed by atoms with E-state index in [4.69, 9.17) is 0 Å². The van der Waals surface area contributed by atoms with Crippen molar-refractivity contribution in [1.82, 2.24) is 10.2 Å². The summed E-state index contributed by atoms with van der Waals surface area (Å²) in [6.45, 7) is 5.02. The summed E-state index contributed by atoms with van der Waals surface area (Å²) in [6, 6.07) is 0.506. The Morgan fingerprint density at radius 2 is 2.14 bits per heavy atom. The number of likely N-dealkylation sites (N-methyl/N-ethyl adjacent to an activating group) is 1. The third kappa shape index (κ3) is 2.71. The Kier molecular flexibility index (Phi) is 3.53. The highest BCUT2D eigenvalue weighted by Crippen LogP contribution is 2.36. The predicted molar refractivity (Wildman–Crippen MR) is 58.1 cm³/mol. The highest BCUT2D eigenvalue weighted by Gasteiger charge is 2.34. The van der Waals surface area contributed by atoms with E-state index in [0.717, 1.165) is 0 Å². The van der Waals surface area contributed by atoms with E-state index >= 15 is 0 Å². The first kappa shape index (κ1) is 11.5. The van der Waals surface area contributed by atoms with E-state index in [-0.39, 0.29) is 5.91 Å². The topological polar surface area (TPSA) is 32.3 Å². The van der Waals surface area contributed by atoms with Crippen LogP contribution in [0.5, 0.6) is 0 Å². The number of rotatable bonds is 3. The second-order valence-corrected chi connectivity index (χ2v) is 5.10. The molecule has 0 heterocycles. The van der Waals surface area contributed by atoms with Gasteiger partial charge in [-0.1, -0.05) is 20.3 Å². The highest BCUT2D eigenvalue weighted by molar-refractivity contribution is 5.77. The molecule has 0 saturated heterocycles. The van der Waals surface area contributed by atoms with Crippen LogP contribution in [0.4, 0.5) is 0 Å². The molecule has 0 bridgehead atoms. The van der Waals surface area contributed by atoms with Crippen molar-refractivity contribution >= 4 is 5.91 Å². The molecule has 1 fully saturated rings. The van der Waals surface area contributed by atoms with Gasteiger partial charge in [0.2, 0.25) is 5.91 Å². The minimum absolute atomic E-state index is 0.160. The lowest BCUT2D eigenvalue weighted by molar-refractivity contribution is -0.127. The number of amides is 1. The molecule has 1 amide bonds. The van der Waals surface area contributed by atoms with Crippen molar-refractivity contribution in [3.05, 3.63) is 0 Å². The molecule has 0 aromatic heterocycles. The summed E-state index contributed by atoms with van der Waals surface area (Å²) >= 11 is 0. The molecule has 0 aromatic carbocycles. The highest BCUT2D eigenvalue weighted by atomic mass is 16.2. The van der Waals surface area contributed by atoms with Crippen LogP contribution in [0, 0.1) is 5.41 Å². The Morgan fingerprint density at radius 3 is 2.57 bits per heavy atom. The van der Waals surface area contributed by atoms with Gasteiger partial charge in [0, 0.05) is 20.1 Å². The molecular weight excluding hydrogens is 176 g/mol.